The fourth-order valence-electron chi connectivity index (χ4n) is 0.916. The van der Waals surface area contributed by atoms with E-state index in [4.69, 9.17) is 17.4 Å². The van der Waals surface area contributed by atoms with E-state index >= 15 is 0 Å². The number of hydrazine groups is 1. The van der Waals surface area contributed by atoms with Crippen molar-refractivity contribution in [3.05, 3.63) is 34.9 Å². The number of nitrogens with one attached hydrogen (secondary N) is 1. The van der Waals surface area contributed by atoms with Crippen molar-refractivity contribution in [1.82, 2.24) is 5.43 Å². The first-order chi connectivity index (χ1) is 5.79. The van der Waals surface area contributed by atoms with Crippen LogP contribution in [0.25, 0.3) is 0 Å². The summed E-state index contributed by atoms with van der Waals surface area (Å²) in [7, 11) is 1.65. The van der Waals surface area contributed by atoms with Gasteiger partial charge in [-0.1, -0.05) is 23.7 Å². The number of hydrogen-bond donors (Lipinski definition) is 2. The number of nitrogens with two attached hydrogens (primary N) is 1. The van der Waals surface area contributed by atoms with E-state index in [1.807, 2.05) is 18.2 Å². The second-order valence-corrected chi connectivity index (χ2v) is 2.60. The van der Waals surface area contributed by atoms with Gasteiger partial charge in [-0.15, -0.1) is 0 Å². The van der Waals surface area contributed by atoms with E-state index in [-0.39, 0.29) is 0 Å². The smallest absolute Gasteiger partial charge is 0.143 e. The second-order valence-electron chi connectivity index (χ2n) is 2.20. The molecule has 4 heteroatoms. The van der Waals surface area contributed by atoms with E-state index in [0.717, 1.165) is 5.56 Å². The van der Waals surface area contributed by atoms with Gasteiger partial charge >= 0.3 is 0 Å². The molecule has 0 aliphatic heterocycles. The number of hydrogen-bond acceptors (Lipinski definition) is 2. The Labute approximate surface area is 76.2 Å². The highest BCUT2D eigenvalue weighted by atomic mass is 35.5. The van der Waals surface area contributed by atoms with Crippen molar-refractivity contribution in [3.63, 3.8) is 0 Å². The van der Waals surface area contributed by atoms with Crippen LogP contribution in [0.3, 0.4) is 0 Å². The number of nitrogens with zero attached hydrogens (tertiary/aromatic N) is 1. The first-order valence-corrected chi connectivity index (χ1v) is 3.85. The lowest BCUT2D eigenvalue weighted by Gasteiger charge is -2.05. The van der Waals surface area contributed by atoms with Crippen LogP contribution in [0.15, 0.2) is 29.3 Å². The van der Waals surface area contributed by atoms with E-state index in [9.17, 15) is 0 Å². The molecule has 0 aliphatic rings. The molecule has 1 aromatic rings. The van der Waals surface area contributed by atoms with E-state index in [1.54, 1.807) is 13.1 Å². The third kappa shape index (κ3) is 1.75. The molecule has 0 unspecified atom stereocenters. The van der Waals surface area contributed by atoms with E-state index in [0.29, 0.717) is 10.9 Å². The first kappa shape index (κ1) is 9.03. The van der Waals surface area contributed by atoms with Crippen LogP contribution in [0.1, 0.15) is 5.56 Å². The Hall–Kier alpha value is -1.06. The zero-order valence-corrected chi connectivity index (χ0v) is 7.47. The first-order valence-electron chi connectivity index (χ1n) is 3.48. The molecule has 0 heterocycles. The Balaban J connectivity index is 3.10. The summed E-state index contributed by atoms with van der Waals surface area (Å²) >= 11 is 5.90. The fourth-order valence-corrected chi connectivity index (χ4v) is 1.14. The minimum absolute atomic E-state index is 0.584. The Kier molecular flexibility index (Phi) is 3.08. The molecule has 1 rings (SSSR count). The van der Waals surface area contributed by atoms with Gasteiger partial charge in [-0.05, 0) is 12.1 Å². The quantitative estimate of drug-likeness (QED) is 0.297. The molecule has 0 amide bonds. The van der Waals surface area contributed by atoms with Gasteiger partial charge in [0.05, 0.1) is 5.02 Å². The van der Waals surface area contributed by atoms with Crippen molar-refractivity contribution in [1.29, 1.82) is 0 Å². The molecule has 0 bridgehead atoms. The summed E-state index contributed by atoms with van der Waals surface area (Å²) < 4.78 is 0. The van der Waals surface area contributed by atoms with Crippen molar-refractivity contribution in [3.8, 4) is 0 Å². The largest absolute Gasteiger partial charge is 0.308 e. The summed E-state index contributed by atoms with van der Waals surface area (Å²) in [4.78, 5) is 3.93. The lowest BCUT2D eigenvalue weighted by molar-refractivity contribution is 1.02. The predicted octanol–water partition coefficient (Wildman–Crippen LogP) is 1.18. The molecule has 0 atom stereocenters. The zero-order chi connectivity index (χ0) is 8.97. The van der Waals surface area contributed by atoms with Gasteiger partial charge in [0.1, 0.15) is 5.84 Å². The van der Waals surface area contributed by atoms with Crippen LogP contribution in [-0.4, -0.2) is 12.9 Å². The highest BCUT2D eigenvalue weighted by Crippen LogP contribution is 2.14. The van der Waals surface area contributed by atoms with Gasteiger partial charge in [0.25, 0.3) is 0 Å². The van der Waals surface area contributed by atoms with E-state index in [1.165, 1.54) is 0 Å². The molecule has 3 N–H and O–H groups in total. The maximum Gasteiger partial charge on any atom is 0.143 e. The maximum absolute atomic E-state index is 5.90. The van der Waals surface area contributed by atoms with Gasteiger partial charge in [0, 0.05) is 12.6 Å². The molecule has 0 saturated heterocycles. The Morgan fingerprint density at radius 3 is 2.67 bits per heavy atom. The summed E-state index contributed by atoms with van der Waals surface area (Å²) in [6, 6.07) is 7.38. The summed E-state index contributed by atoms with van der Waals surface area (Å²) in [5.74, 6) is 5.83. The van der Waals surface area contributed by atoms with Gasteiger partial charge in [0.15, 0.2) is 0 Å². The molecule has 3 nitrogen and oxygen atoms in total. The number of benzene rings is 1. The average Bonchev–Trinajstić information content (AvgIpc) is 2.10. The van der Waals surface area contributed by atoms with Gasteiger partial charge < -0.3 is 5.43 Å². The molecule has 0 radical (unpaired) electrons. The molecule has 1 aromatic carbocycles. The van der Waals surface area contributed by atoms with Crippen molar-refractivity contribution < 1.29 is 0 Å². The van der Waals surface area contributed by atoms with Crippen molar-refractivity contribution in [2.45, 2.75) is 0 Å². The standard InChI is InChI=1S/C8H10ClN3/c1-11-8(12-10)6-4-2-3-5-7(6)9/h2-5H,10H2,1H3,(H,11,12). The van der Waals surface area contributed by atoms with Crippen LogP contribution in [0.4, 0.5) is 0 Å². The topological polar surface area (TPSA) is 50.4 Å². The van der Waals surface area contributed by atoms with Crippen LogP contribution in [0.2, 0.25) is 5.02 Å². The lowest BCUT2D eigenvalue weighted by Crippen LogP contribution is -2.31. The molecule has 0 aromatic heterocycles. The zero-order valence-electron chi connectivity index (χ0n) is 6.71. The van der Waals surface area contributed by atoms with Crippen molar-refractivity contribution in [2.24, 2.45) is 10.8 Å². The van der Waals surface area contributed by atoms with Crippen LogP contribution in [0.5, 0.6) is 0 Å². The number of amidine groups is 1. The number of aliphatic imine (C=N–C) groups is 1. The summed E-state index contributed by atoms with van der Waals surface area (Å²) in [5.41, 5.74) is 3.28. The molecule has 0 aliphatic carbocycles. The van der Waals surface area contributed by atoms with Gasteiger partial charge in [-0.2, -0.15) is 0 Å². The number of rotatable bonds is 1. The fraction of sp³-hybridized carbons (Fsp3) is 0.125. The molecule has 0 fully saturated rings. The SMILES string of the molecule is CN=C(NN)c1ccccc1Cl. The maximum atomic E-state index is 5.90. The lowest BCUT2D eigenvalue weighted by atomic mass is 10.2. The second kappa shape index (κ2) is 4.09. The van der Waals surface area contributed by atoms with Gasteiger partial charge in [0.2, 0.25) is 0 Å². The van der Waals surface area contributed by atoms with Gasteiger partial charge in [-0.25, -0.2) is 5.84 Å². The minimum Gasteiger partial charge on any atom is -0.308 e. The van der Waals surface area contributed by atoms with E-state index < -0.39 is 0 Å². The van der Waals surface area contributed by atoms with Crippen LogP contribution in [0, 0.1) is 0 Å². The Morgan fingerprint density at radius 2 is 2.17 bits per heavy atom. The van der Waals surface area contributed by atoms with Crippen LogP contribution in [-0.2, 0) is 0 Å². The highest BCUT2D eigenvalue weighted by molar-refractivity contribution is 6.34. The normalized spacial score (nSPS) is 11.4. The average molecular weight is 184 g/mol. The molecule has 12 heavy (non-hydrogen) atoms. The Bertz CT molecular complexity index is 296. The van der Waals surface area contributed by atoms with Crippen molar-refractivity contribution >= 4 is 17.4 Å². The molecule has 0 saturated carbocycles. The summed E-state index contributed by atoms with van der Waals surface area (Å²) in [6.45, 7) is 0. The number of halogens is 1. The Morgan fingerprint density at radius 1 is 1.50 bits per heavy atom. The van der Waals surface area contributed by atoms with Crippen LogP contribution >= 0.6 is 11.6 Å². The molecule has 0 spiro atoms. The van der Waals surface area contributed by atoms with E-state index in [2.05, 4.69) is 10.4 Å². The molecular formula is C8H10ClN3. The van der Waals surface area contributed by atoms with Gasteiger partial charge in [-0.3, -0.25) is 4.99 Å². The third-order valence-corrected chi connectivity index (χ3v) is 1.82. The van der Waals surface area contributed by atoms with Crippen molar-refractivity contribution in [2.75, 3.05) is 7.05 Å². The van der Waals surface area contributed by atoms with Crippen LogP contribution < -0.4 is 11.3 Å². The summed E-state index contributed by atoms with van der Waals surface area (Å²) in [6.07, 6.45) is 0. The molecule has 64 valence electrons. The summed E-state index contributed by atoms with van der Waals surface area (Å²) in [5, 5.41) is 0.635. The highest BCUT2D eigenvalue weighted by Gasteiger charge is 2.03. The monoisotopic (exact) mass is 183 g/mol. The predicted molar refractivity (Wildman–Crippen MR) is 51.2 cm³/mol. The third-order valence-electron chi connectivity index (χ3n) is 1.49. The molecular weight excluding hydrogens is 174 g/mol. The minimum atomic E-state index is 0.584.